The molecule has 0 aromatic carbocycles. The number of carboxylic acids is 1. The maximum atomic E-state index is 12.6. The van der Waals surface area contributed by atoms with Crippen molar-refractivity contribution in [1.29, 1.82) is 0 Å². The molecule has 0 bridgehead atoms. The number of carboxylic acid groups (broad SMARTS) is 1. The van der Waals surface area contributed by atoms with Crippen LogP contribution < -0.4 is 5.32 Å². The Morgan fingerprint density at radius 3 is 2.64 bits per heavy atom. The standard InChI is InChI=1S/C18H20N2O6S2/c1-18(2,3)26-17(25)13-10(16(23)24)8-28-15-12(14(22)20(13)15)19-11(21)6-9-4-5-27-7-9/h4-5,7,12,15H,6,8H2,1-3H3,(H,19,21)(H,23,24)/t12?,15-/m1/s1. The Kier molecular flexibility index (Phi) is 5.53. The zero-order chi connectivity index (χ0) is 20.6. The van der Waals surface area contributed by atoms with Crippen molar-refractivity contribution in [3.63, 3.8) is 0 Å². The van der Waals surface area contributed by atoms with Gasteiger partial charge in [-0.1, -0.05) is 0 Å². The van der Waals surface area contributed by atoms with Crippen molar-refractivity contribution in [2.75, 3.05) is 5.75 Å². The van der Waals surface area contributed by atoms with Gasteiger partial charge >= 0.3 is 11.9 Å². The molecule has 1 saturated heterocycles. The van der Waals surface area contributed by atoms with Gasteiger partial charge in [0.15, 0.2) is 0 Å². The highest BCUT2D eigenvalue weighted by Gasteiger charge is 2.55. The topological polar surface area (TPSA) is 113 Å². The fourth-order valence-electron chi connectivity index (χ4n) is 2.90. The molecule has 2 aliphatic heterocycles. The summed E-state index contributed by atoms with van der Waals surface area (Å²) < 4.78 is 5.30. The molecule has 0 saturated carbocycles. The van der Waals surface area contributed by atoms with Gasteiger partial charge in [-0.3, -0.25) is 14.5 Å². The largest absolute Gasteiger partial charge is 0.478 e. The van der Waals surface area contributed by atoms with Crippen molar-refractivity contribution in [3.8, 4) is 0 Å². The van der Waals surface area contributed by atoms with Crippen LogP contribution in [-0.4, -0.2) is 56.5 Å². The molecule has 1 aromatic rings. The van der Waals surface area contributed by atoms with Crippen molar-refractivity contribution in [3.05, 3.63) is 33.7 Å². The Bertz CT molecular complexity index is 856. The Labute approximate surface area is 169 Å². The minimum absolute atomic E-state index is 0.0370. The summed E-state index contributed by atoms with van der Waals surface area (Å²) in [5, 5.41) is 15.3. The molecule has 1 unspecified atom stereocenters. The number of carbonyl (C=O) groups is 4. The van der Waals surface area contributed by atoms with E-state index in [2.05, 4.69) is 5.32 Å². The zero-order valence-electron chi connectivity index (χ0n) is 15.6. The van der Waals surface area contributed by atoms with Gasteiger partial charge in [-0.25, -0.2) is 9.59 Å². The number of hydrogen-bond donors (Lipinski definition) is 2. The van der Waals surface area contributed by atoms with Crippen molar-refractivity contribution in [2.45, 2.75) is 44.2 Å². The third-order valence-corrected chi connectivity index (χ3v) is 6.09. The summed E-state index contributed by atoms with van der Waals surface area (Å²) in [6.45, 7) is 4.98. The monoisotopic (exact) mass is 424 g/mol. The number of rotatable bonds is 5. The van der Waals surface area contributed by atoms with Gasteiger partial charge in [-0.05, 0) is 43.2 Å². The normalized spacial score (nSPS) is 21.7. The van der Waals surface area contributed by atoms with Gasteiger partial charge < -0.3 is 15.2 Å². The second-order valence-electron chi connectivity index (χ2n) is 7.40. The zero-order valence-corrected chi connectivity index (χ0v) is 17.2. The van der Waals surface area contributed by atoms with Crippen molar-refractivity contribution < 1.29 is 29.0 Å². The number of amides is 2. The van der Waals surface area contributed by atoms with Crippen LogP contribution in [0.2, 0.25) is 0 Å². The number of nitrogens with one attached hydrogen (secondary N) is 1. The Morgan fingerprint density at radius 2 is 2.07 bits per heavy atom. The van der Waals surface area contributed by atoms with Crippen LogP contribution in [0.5, 0.6) is 0 Å². The smallest absolute Gasteiger partial charge is 0.356 e. The van der Waals surface area contributed by atoms with Gasteiger partial charge in [0.2, 0.25) is 5.91 Å². The predicted octanol–water partition coefficient (Wildman–Crippen LogP) is 1.37. The molecule has 1 aromatic heterocycles. The van der Waals surface area contributed by atoms with Crippen LogP contribution in [0, 0.1) is 0 Å². The summed E-state index contributed by atoms with van der Waals surface area (Å²) in [4.78, 5) is 50.1. The first-order chi connectivity index (χ1) is 13.1. The van der Waals surface area contributed by atoms with E-state index in [1.165, 1.54) is 23.1 Å². The van der Waals surface area contributed by atoms with E-state index in [9.17, 15) is 24.3 Å². The third-order valence-electron chi connectivity index (χ3n) is 4.08. The quantitative estimate of drug-likeness (QED) is 0.542. The van der Waals surface area contributed by atoms with E-state index in [4.69, 9.17) is 4.74 Å². The maximum Gasteiger partial charge on any atom is 0.356 e. The summed E-state index contributed by atoms with van der Waals surface area (Å²) in [7, 11) is 0. The van der Waals surface area contributed by atoms with Crippen LogP contribution in [0.3, 0.4) is 0 Å². The number of carbonyl (C=O) groups excluding carboxylic acids is 3. The first-order valence-corrected chi connectivity index (χ1v) is 10.5. The molecule has 150 valence electrons. The maximum absolute atomic E-state index is 12.6. The summed E-state index contributed by atoms with van der Waals surface area (Å²) in [5.41, 5.74) is -0.410. The molecular weight excluding hydrogens is 404 g/mol. The lowest BCUT2D eigenvalue weighted by Crippen LogP contribution is -2.71. The Hall–Kier alpha value is -2.33. The molecule has 1 fully saturated rings. The molecule has 8 nitrogen and oxygen atoms in total. The van der Waals surface area contributed by atoms with Gasteiger partial charge in [0.25, 0.3) is 5.91 Å². The molecule has 2 amide bonds. The number of β-lactam (4-membered cyclic amide) rings is 1. The van der Waals surface area contributed by atoms with E-state index in [1.54, 1.807) is 20.8 Å². The highest BCUT2D eigenvalue weighted by Crippen LogP contribution is 2.41. The fourth-order valence-corrected chi connectivity index (χ4v) is 4.90. The second kappa shape index (κ2) is 7.59. The van der Waals surface area contributed by atoms with Gasteiger partial charge in [-0.2, -0.15) is 11.3 Å². The molecular formula is C18H20N2O6S2. The summed E-state index contributed by atoms with van der Waals surface area (Å²) >= 11 is 2.67. The highest BCUT2D eigenvalue weighted by atomic mass is 32.2. The number of thiophene rings is 1. The molecule has 0 spiro atoms. The molecule has 3 heterocycles. The highest BCUT2D eigenvalue weighted by molar-refractivity contribution is 8.00. The number of thioether (sulfide) groups is 1. The number of aliphatic carboxylic acids is 1. The van der Waals surface area contributed by atoms with Gasteiger partial charge in [-0.15, -0.1) is 11.8 Å². The lowest BCUT2D eigenvalue weighted by Gasteiger charge is -2.49. The minimum atomic E-state index is -1.27. The van der Waals surface area contributed by atoms with Crippen LogP contribution in [0.4, 0.5) is 0 Å². The van der Waals surface area contributed by atoms with Crippen molar-refractivity contribution in [2.24, 2.45) is 0 Å². The molecule has 10 heteroatoms. The number of fused-ring (bicyclic) bond motifs is 1. The average molecular weight is 425 g/mol. The average Bonchev–Trinajstić information content (AvgIpc) is 3.09. The van der Waals surface area contributed by atoms with Crippen molar-refractivity contribution in [1.82, 2.24) is 10.2 Å². The van der Waals surface area contributed by atoms with Crippen LogP contribution in [0.15, 0.2) is 28.1 Å². The molecule has 2 N–H and O–H groups in total. The number of hydrogen-bond acceptors (Lipinski definition) is 7. The van der Waals surface area contributed by atoms with Gasteiger partial charge in [0.1, 0.15) is 22.7 Å². The second-order valence-corrected chi connectivity index (χ2v) is 9.28. The van der Waals surface area contributed by atoms with E-state index >= 15 is 0 Å². The van der Waals surface area contributed by atoms with E-state index in [1.807, 2.05) is 16.8 Å². The number of esters is 1. The molecule has 0 aliphatic carbocycles. The lowest BCUT2D eigenvalue weighted by atomic mass is 10.0. The molecule has 2 atom stereocenters. The van der Waals surface area contributed by atoms with Crippen molar-refractivity contribution >= 4 is 46.9 Å². The third kappa shape index (κ3) is 4.07. The summed E-state index contributed by atoms with van der Waals surface area (Å²) in [6.07, 6.45) is 0.153. The molecule has 0 radical (unpaired) electrons. The van der Waals surface area contributed by atoms with Crippen LogP contribution in [0.1, 0.15) is 26.3 Å². The minimum Gasteiger partial charge on any atom is -0.478 e. The first-order valence-electron chi connectivity index (χ1n) is 8.53. The number of nitrogens with zero attached hydrogens (tertiary/aromatic N) is 1. The van der Waals surface area contributed by atoms with Crippen LogP contribution >= 0.6 is 23.1 Å². The van der Waals surface area contributed by atoms with E-state index < -0.39 is 34.9 Å². The lowest BCUT2D eigenvalue weighted by molar-refractivity contribution is -0.159. The molecule has 28 heavy (non-hydrogen) atoms. The van der Waals surface area contributed by atoms with Gasteiger partial charge in [0, 0.05) is 5.75 Å². The van der Waals surface area contributed by atoms with E-state index in [0.717, 1.165) is 10.5 Å². The summed E-state index contributed by atoms with van der Waals surface area (Å²) in [6, 6.07) is 1.03. The molecule has 2 aliphatic rings. The van der Waals surface area contributed by atoms with E-state index in [0.29, 0.717) is 0 Å². The SMILES string of the molecule is CC(C)(C)OC(=O)C1=C(C(=O)O)CS[C@@H]2C(NC(=O)Cc3ccsc3)C(=O)N12. The van der Waals surface area contributed by atoms with Gasteiger partial charge in [0.05, 0.1) is 12.0 Å². The summed E-state index contributed by atoms with van der Waals surface area (Å²) in [5.74, 6) is -2.91. The van der Waals surface area contributed by atoms with E-state index in [-0.39, 0.29) is 29.4 Å². The first kappa shape index (κ1) is 20.4. The number of ether oxygens (including phenoxy) is 1. The Balaban J connectivity index is 1.77. The fraction of sp³-hybridized carbons (Fsp3) is 0.444. The predicted molar refractivity (Wildman–Crippen MR) is 104 cm³/mol. The van der Waals surface area contributed by atoms with Crippen LogP contribution in [0.25, 0.3) is 0 Å². The van der Waals surface area contributed by atoms with Crippen LogP contribution in [-0.2, 0) is 30.3 Å². The Morgan fingerprint density at radius 1 is 1.36 bits per heavy atom. The molecule has 3 rings (SSSR count).